The summed E-state index contributed by atoms with van der Waals surface area (Å²) in [6, 6.07) is 15.3. The van der Waals surface area contributed by atoms with Gasteiger partial charge in [-0.15, -0.1) is 0 Å². The smallest absolute Gasteiger partial charge is 0.269 e. The molecule has 1 amide bonds. The number of carbonyl (C=O) groups excluding carboxylic acids is 1. The number of ether oxygens (including phenoxy) is 2. The number of para-hydroxylation sites is 2. The maximum absolute atomic E-state index is 12.4. The fourth-order valence-electron chi connectivity index (χ4n) is 3.10. The monoisotopic (exact) mass is 324 g/mol. The molecule has 1 saturated heterocycles. The lowest BCUT2D eigenvalue weighted by molar-refractivity contribution is -0.125. The van der Waals surface area contributed by atoms with Gasteiger partial charge in [-0.1, -0.05) is 12.1 Å². The van der Waals surface area contributed by atoms with Crippen LogP contribution in [0, 0.1) is 0 Å². The highest BCUT2D eigenvalue weighted by molar-refractivity contribution is 5.94. The van der Waals surface area contributed by atoms with Crippen molar-refractivity contribution in [1.29, 1.82) is 0 Å². The zero-order valence-electron chi connectivity index (χ0n) is 13.4. The van der Waals surface area contributed by atoms with Gasteiger partial charge in [-0.05, 0) is 49.2 Å². The number of hydrogen-bond acceptors (Lipinski definition) is 4. The molecule has 5 nitrogen and oxygen atoms in total. The van der Waals surface area contributed by atoms with E-state index in [2.05, 4.69) is 22.3 Å². The Morgan fingerprint density at radius 1 is 1.00 bits per heavy atom. The summed E-state index contributed by atoms with van der Waals surface area (Å²) in [6.07, 6.45) is 1.86. The van der Waals surface area contributed by atoms with Crippen LogP contribution in [0.5, 0.6) is 11.5 Å². The summed E-state index contributed by atoms with van der Waals surface area (Å²) in [5.74, 6) is 1.09. The van der Waals surface area contributed by atoms with Crippen LogP contribution in [-0.2, 0) is 4.79 Å². The molecule has 4 rings (SSSR count). The highest BCUT2D eigenvalue weighted by Crippen LogP contribution is 2.31. The number of fused-ring (bicyclic) bond motifs is 1. The third-order valence-electron chi connectivity index (χ3n) is 4.41. The van der Waals surface area contributed by atoms with E-state index in [1.807, 2.05) is 30.3 Å². The summed E-state index contributed by atoms with van der Waals surface area (Å²) in [5, 5.41) is 2.90. The zero-order valence-corrected chi connectivity index (χ0v) is 13.4. The Morgan fingerprint density at radius 2 is 1.71 bits per heavy atom. The third-order valence-corrected chi connectivity index (χ3v) is 4.41. The van der Waals surface area contributed by atoms with Crippen LogP contribution in [0.15, 0.2) is 48.5 Å². The molecule has 0 radical (unpaired) electrons. The van der Waals surface area contributed by atoms with Gasteiger partial charge < -0.3 is 19.7 Å². The fraction of sp³-hybridized carbons (Fsp3) is 0.316. The number of nitrogens with one attached hydrogen (secondary N) is 1. The Bertz CT molecular complexity index is 724. The molecule has 2 aliphatic heterocycles. The van der Waals surface area contributed by atoms with Crippen LogP contribution in [0.3, 0.4) is 0 Å². The maximum atomic E-state index is 12.4. The molecule has 1 fully saturated rings. The summed E-state index contributed by atoms with van der Waals surface area (Å²) in [4.78, 5) is 14.8. The molecule has 1 unspecified atom stereocenters. The van der Waals surface area contributed by atoms with Crippen LogP contribution < -0.4 is 19.7 Å². The van der Waals surface area contributed by atoms with Crippen LogP contribution in [0.25, 0.3) is 0 Å². The normalized spacial score (nSPS) is 19.2. The predicted molar refractivity (Wildman–Crippen MR) is 92.9 cm³/mol. The molecule has 2 aromatic carbocycles. The molecular weight excluding hydrogens is 304 g/mol. The van der Waals surface area contributed by atoms with Gasteiger partial charge in [-0.3, -0.25) is 4.79 Å². The molecule has 2 aromatic rings. The average Bonchev–Trinajstić information content (AvgIpc) is 3.16. The number of nitrogens with zero attached hydrogens (tertiary/aromatic N) is 1. The molecule has 5 heteroatoms. The average molecular weight is 324 g/mol. The molecule has 124 valence electrons. The molecule has 24 heavy (non-hydrogen) atoms. The van der Waals surface area contributed by atoms with Crippen molar-refractivity contribution in [2.24, 2.45) is 0 Å². The van der Waals surface area contributed by atoms with Crippen molar-refractivity contribution in [3.63, 3.8) is 0 Å². The summed E-state index contributed by atoms with van der Waals surface area (Å²) >= 11 is 0. The molecule has 0 aliphatic carbocycles. The van der Waals surface area contributed by atoms with Gasteiger partial charge in [0.25, 0.3) is 5.91 Å². The minimum atomic E-state index is -0.641. The number of benzene rings is 2. The SMILES string of the molecule is O=C(Nc1ccc(N2CCCC2)cc1)C1COc2ccccc2O1. The largest absolute Gasteiger partial charge is 0.485 e. The summed E-state index contributed by atoms with van der Waals surface area (Å²) in [5.41, 5.74) is 1.97. The second kappa shape index (κ2) is 6.43. The van der Waals surface area contributed by atoms with Crippen LogP contribution in [-0.4, -0.2) is 31.7 Å². The van der Waals surface area contributed by atoms with E-state index in [0.29, 0.717) is 11.5 Å². The van der Waals surface area contributed by atoms with Crippen molar-refractivity contribution in [3.05, 3.63) is 48.5 Å². The Morgan fingerprint density at radius 3 is 2.46 bits per heavy atom. The van der Waals surface area contributed by atoms with Gasteiger partial charge in [0.1, 0.15) is 6.61 Å². The Hall–Kier alpha value is -2.69. The highest BCUT2D eigenvalue weighted by atomic mass is 16.6. The Kier molecular flexibility index (Phi) is 3.99. The number of hydrogen-bond donors (Lipinski definition) is 1. The quantitative estimate of drug-likeness (QED) is 0.943. The first-order valence-electron chi connectivity index (χ1n) is 8.34. The number of rotatable bonds is 3. The molecule has 2 aliphatic rings. The van der Waals surface area contributed by atoms with Crippen molar-refractivity contribution >= 4 is 17.3 Å². The first-order valence-corrected chi connectivity index (χ1v) is 8.34. The minimum absolute atomic E-state index is 0.196. The fourth-order valence-corrected chi connectivity index (χ4v) is 3.10. The van der Waals surface area contributed by atoms with Crippen LogP contribution in [0.1, 0.15) is 12.8 Å². The van der Waals surface area contributed by atoms with E-state index in [1.54, 1.807) is 6.07 Å². The lowest BCUT2D eigenvalue weighted by Gasteiger charge is -2.25. The summed E-state index contributed by atoms with van der Waals surface area (Å²) < 4.78 is 11.3. The second-order valence-electron chi connectivity index (χ2n) is 6.09. The first-order chi connectivity index (χ1) is 11.8. The van der Waals surface area contributed by atoms with Crippen LogP contribution in [0.4, 0.5) is 11.4 Å². The molecule has 1 N–H and O–H groups in total. The van der Waals surface area contributed by atoms with E-state index >= 15 is 0 Å². The van der Waals surface area contributed by atoms with Gasteiger partial charge in [-0.25, -0.2) is 0 Å². The van der Waals surface area contributed by atoms with Gasteiger partial charge in [0, 0.05) is 24.5 Å². The molecule has 0 aromatic heterocycles. The van der Waals surface area contributed by atoms with E-state index in [-0.39, 0.29) is 12.5 Å². The second-order valence-corrected chi connectivity index (χ2v) is 6.09. The van der Waals surface area contributed by atoms with Crippen molar-refractivity contribution in [1.82, 2.24) is 0 Å². The van der Waals surface area contributed by atoms with Crippen molar-refractivity contribution in [2.75, 3.05) is 29.9 Å². The van der Waals surface area contributed by atoms with E-state index in [4.69, 9.17) is 9.47 Å². The standard InChI is InChI=1S/C19H20N2O3/c22-19(18-13-23-16-5-1-2-6-17(16)24-18)20-14-7-9-15(10-8-14)21-11-3-4-12-21/h1-2,5-10,18H,3-4,11-13H2,(H,20,22). The van der Waals surface area contributed by atoms with Gasteiger partial charge in [0.2, 0.25) is 6.10 Å². The van der Waals surface area contributed by atoms with E-state index in [9.17, 15) is 4.79 Å². The van der Waals surface area contributed by atoms with E-state index < -0.39 is 6.10 Å². The first kappa shape index (κ1) is 14.9. The van der Waals surface area contributed by atoms with E-state index in [1.165, 1.54) is 18.5 Å². The summed E-state index contributed by atoms with van der Waals surface area (Å²) in [6.45, 7) is 2.44. The molecule has 0 bridgehead atoms. The third kappa shape index (κ3) is 3.02. The predicted octanol–water partition coefficient (Wildman–Crippen LogP) is 3.07. The van der Waals surface area contributed by atoms with Crippen LogP contribution >= 0.6 is 0 Å². The lowest BCUT2D eigenvalue weighted by atomic mass is 10.2. The molecule has 0 spiro atoms. The topological polar surface area (TPSA) is 50.8 Å². The summed E-state index contributed by atoms with van der Waals surface area (Å²) in [7, 11) is 0. The zero-order chi connectivity index (χ0) is 16.4. The Balaban J connectivity index is 1.39. The number of carbonyl (C=O) groups is 1. The number of amides is 1. The molecular formula is C19H20N2O3. The number of anilines is 2. The van der Waals surface area contributed by atoms with Crippen LogP contribution in [0.2, 0.25) is 0 Å². The molecule has 0 saturated carbocycles. The van der Waals surface area contributed by atoms with Gasteiger partial charge in [-0.2, -0.15) is 0 Å². The van der Waals surface area contributed by atoms with Gasteiger partial charge >= 0.3 is 0 Å². The van der Waals surface area contributed by atoms with Gasteiger partial charge in [0.05, 0.1) is 0 Å². The van der Waals surface area contributed by atoms with Crippen molar-refractivity contribution in [2.45, 2.75) is 18.9 Å². The molecule has 1 atom stereocenters. The van der Waals surface area contributed by atoms with Crippen molar-refractivity contribution in [3.8, 4) is 11.5 Å². The van der Waals surface area contributed by atoms with Crippen molar-refractivity contribution < 1.29 is 14.3 Å². The maximum Gasteiger partial charge on any atom is 0.269 e. The van der Waals surface area contributed by atoms with Gasteiger partial charge in [0.15, 0.2) is 11.5 Å². The Labute approximate surface area is 141 Å². The molecule has 2 heterocycles. The highest BCUT2D eigenvalue weighted by Gasteiger charge is 2.27. The minimum Gasteiger partial charge on any atom is -0.485 e. The lowest BCUT2D eigenvalue weighted by Crippen LogP contribution is -2.40. The van der Waals surface area contributed by atoms with E-state index in [0.717, 1.165) is 18.8 Å².